The lowest BCUT2D eigenvalue weighted by Crippen LogP contribution is -2.36. The van der Waals surface area contributed by atoms with Gasteiger partial charge in [0, 0.05) is 24.5 Å². The minimum atomic E-state index is -0.759. The Morgan fingerprint density at radius 1 is 1.25 bits per heavy atom. The van der Waals surface area contributed by atoms with Gasteiger partial charge in [0.05, 0.1) is 13.2 Å². The predicted molar refractivity (Wildman–Crippen MR) is 77.2 cm³/mol. The fourth-order valence-electron chi connectivity index (χ4n) is 2.58. The van der Waals surface area contributed by atoms with Crippen molar-refractivity contribution in [1.29, 1.82) is 0 Å². The van der Waals surface area contributed by atoms with E-state index in [0.29, 0.717) is 0 Å². The molecule has 1 saturated carbocycles. The first-order chi connectivity index (χ1) is 9.74. The summed E-state index contributed by atoms with van der Waals surface area (Å²) in [7, 11) is 0. The molecule has 2 fully saturated rings. The van der Waals surface area contributed by atoms with E-state index in [0.717, 1.165) is 50.5 Å². The van der Waals surface area contributed by atoms with Gasteiger partial charge in [0.2, 0.25) is 0 Å². The van der Waals surface area contributed by atoms with Gasteiger partial charge in [-0.2, -0.15) is 0 Å². The Morgan fingerprint density at radius 2 is 1.90 bits per heavy atom. The fraction of sp³-hybridized carbons (Fsp3) is 0.533. The molecule has 1 aromatic rings. The van der Waals surface area contributed by atoms with E-state index >= 15 is 0 Å². The highest BCUT2D eigenvalue weighted by Crippen LogP contribution is 2.34. The van der Waals surface area contributed by atoms with Crippen LogP contribution in [0.4, 0.5) is 11.4 Å². The SMILES string of the molecule is O=C(O)C(Nc1ccc(N2CCOCC2)cc1)C1CC1. The Balaban J connectivity index is 1.64. The highest BCUT2D eigenvalue weighted by atomic mass is 16.5. The summed E-state index contributed by atoms with van der Waals surface area (Å²) in [5.41, 5.74) is 2.04. The summed E-state index contributed by atoms with van der Waals surface area (Å²) >= 11 is 0. The van der Waals surface area contributed by atoms with Crippen molar-refractivity contribution in [2.75, 3.05) is 36.5 Å². The summed E-state index contributed by atoms with van der Waals surface area (Å²) in [5.74, 6) is -0.476. The summed E-state index contributed by atoms with van der Waals surface area (Å²) < 4.78 is 5.34. The normalized spacial score (nSPS) is 20.5. The van der Waals surface area contributed by atoms with Gasteiger partial charge < -0.3 is 20.1 Å². The van der Waals surface area contributed by atoms with Crippen molar-refractivity contribution in [3.05, 3.63) is 24.3 Å². The van der Waals surface area contributed by atoms with Crippen molar-refractivity contribution < 1.29 is 14.6 Å². The third-order valence-corrected chi connectivity index (χ3v) is 3.93. The summed E-state index contributed by atoms with van der Waals surface area (Å²) in [6.07, 6.45) is 2.02. The van der Waals surface area contributed by atoms with Crippen molar-refractivity contribution in [3.63, 3.8) is 0 Å². The van der Waals surface area contributed by atoms with E-state index in [2.05, 4.69) is 10.2 Å². The molecule has 0 radical (unpaired) electrons. The Hall–Kier alpha value is -1.75. The van der Waals surface area contributed by atoms with E-state index in [1.807, 2.05) is 24.3 Å². The summed E-state index contributed by atoms with van der Waals surface area (Å²) in [5, 5.41) is 12.3. The number of carbonyl (C=O) groups is 1. The predicted octanol–water partition coefficient (Wildman–Crippen LogP) is 1.80. The van der Waals surface area contributed by atoms with Crippen LogP contribution >= 0.6 is 0 Å². The van der Waals surface area contributed by atoms with E-state index in [-0.39, 0.29) is 5.92 Å². The molecule has 1 atom stereocenters. The van der Waals surface area contributed by atoms with Gasteiger partial charge in [-0.05, 0) is 43.0 Å². The quantitative estimate of drug-likeness (QED) is 0.858. The Kier molecular flexibility index (Phi) is 3.78. The van der Waals surface area contributed by atoms with Crippen LogP contribution in [0.2, 0.25) is 0 Å². The molecule has 5 heteroatoms. The average Bonchev–Trinajstić information content (AvgIpc) is 3.30. The number of anilines is 2. The lowest BCUT2D eigenvalue weighted by Gasteiger charge is -2.29. The molecular formula is C15H20N2O3. The molecule has 1 aliphatic heterocycles. The highest BCUT2D eigenvalue weighted by molar-refractivity contribution is 5.78. The van der Waals surface area contributed by atoms with Gasteiger partial charge in [0.25, 0.3) is 0 Å². The molecular weight excluding hydrogens is 256 g/mol. The van der Waals surface area contributed by atoms with Gasteiger partial charge >= 0.3 is 5.97 Å². The maximum Gasteiger partial charge on any atom is 0.326 e. The van der Waals surface area contributed by atoms with E-state index < -0.39 is 12.0 Å². The maximum atomic E-state index is 11.2. The lowest BCUT2D eigenvalue weighted by molar-refractivity contribution is -0.138. The first-order valence-electron chi connectivity index (χ1n) is 7.16. The van der Waals surface area contributed by atoms with Crippen LogP contribution in [0.15, 0.2) is 24.3 Å². The number of carboxylic acid groups (broad SMARTS) is 1. The second-order valence-corrected chi connectivity index (χ2v) is 5.44. The van der Waals surface area contributed by atoms with Crippen LogP contribution in [0.1, 0.15) is 12.8 Å². The fourth-order valence-corrected chi connectivity index (χ4v) is 2.58. The van der Waals surface area contributed by atoms with Crippen LogP contribution in [0.3, 0.4) is 0 Å². The molecule has 2 N–H and O–H groups in total. The van der Waals surface area contributed by atoms with Crippen LogP contribution in [0, 0.1) is 5.92 Å². The molecule has 1 aliphatic carbocycles. The third kappa shape index (κ3) is 3.04. The molecule has 1 saturated heterocycles. The van der Waals surface area contributed by atoms with Gasteiger partial charge in [-0.15, -0.1) is 0 Å². The van der Waals surface area contributed by atoms with Crippen molar-refractivity contribution in [2.45, 2.75) is 18.9 Å². The summed E-state index contributed by atoms with van der Waals surface area (Å²) in [4.78, 5) is 13.5. The van der Waals surface area contributed by atoms with Crippen LogP contribution in [-0.2, 0) is 9.53 Å². The van der Waals surface area contributed by atoms with Crippen LogP contribution in [-0.4, -0.2) is 43.4 Å². The molecule has 20 heavy (non-hydrogen) atoms. The van der Waals surface area contributed by atoms with Crippen LogP contribution < -0.4 is 10.2 Å². The van der Waals surface area contributed by atoms with E-state index in [1.165, 1.54) is 0 Å². The number of carboxylic acids is 1. The zero-order chi connectivity index (χ0) is 13.9. The second kappa shape index (κ2) is 5.71. The Morgan fingerprint density at radius 3 is 2.45 bits per heavy atom. The van der Waals surface area contributed by atoms with Gasteiger partial charge in [-0.1, -0.05) is 0 Å². The number of hydrogen-bond donors (Lipinski definition) is 2. The topological polar surface area (TPSA) is 61.8 Å². The van der Waals surface area contributed by atoms with Crippen LogP contribution in [0.5, 0.6) is 0 Å². The van der Waals surface area contributed by atoms with Crippen molar-refractivity contribution >= 4 is 17.3 Å². The van der Waals surface area contributed by atoms with Crippen molar-refractivity contribution in [2.24, 2.45) is 5.92 Å². The zero-order valence-corrected chi connectivity index (χ0v) is 11.4. The molecule has 1 aromatic carbocycles. The number of morpholine rings is 1. The number of benzene rings is 1. The minimum Gasteiger partial charge on any atom is -0.480 e. The molecule has 1 unspecified atom stereocenters. The average molecular weight is 276 g/mol. The smallest absolute Gasteiger partial charge is 0.326 e. The van der Waals surface area contributed by atoms with Crippen molar-refractivity contribution in [3.8, 4) is 0 Å². The molecule has 5 nitrogen and oxygen atoms in total. The highest BCUT2D eigenvalue weighted by Gasteiger charge is 2.36. The zero-order valence-electron chi connectivity index (χ0n) is 11.4. The summed E-state index contributed by atoms with van der Waals surface area (Å²) in [6.45, 7) is 3.35. The molecule has 108 valence electrons. The van der Waals surface area contributed by atoms with E-state index in [9.17, 15) is 9.90 Å². The lowest BCUT2D eigenvalue weighted by atomic mass is 10.1. The standard InChI is InChI=1S/C15H20N2O3/c18-15(19)14(11-1-2-11)16-12-3-5-13(6-4-12)17-7-9-20-10-8-17/h3-6,11,14,16H,1-2,7-10H2,(H,18,19). The first kappa shape index (κ1) is 13.2. The number of hydrogen-bond acceptors (Lipinski definition) is 4. The minimum absolute atomic E-state index is 0.284. The van der Waals surface area contributed by atoms with Gasteiger partial charge in [0.1, 0.15) is 6.04 Å². The van der Waals surface area contributed by atoms with Crippen molar-refractivity contribution in [1.82, 2.24) is 0 Å². The van der Waals surface area contributed by atoms with Gasteiger partial charge in [-0.3, -0.25) is 0 Å². The first-order valence-corrected chi connectivity index (χ1v) is 7.16. The molecule has 1 heterocycles. The molecule has 0 bridgehead atoms. The Bertz CT molecular complexity index is 465. The maximum absolute atomic E-state index is 11.2. The molecule has 2 aliphatic rings. The molecule has 0 spiro atoms. The second-order valence-electron chi connectivity index (χ2n) is 5.44. The van der Waals surface area contributed by atoms with Gasteiger partial charge in [-0.25, -0.2) is 4.79 Å². The number of nitrogens with one attached hydrogen (secondary N) is 1. The largest absolute Gasteiger partial charge is 0.480 e. The monoisotopic (exact) mass is 276 g/mol. The number of ether oxygens (including phenoxy) is 1. The number of aliphatic carboxylic acids is 1. The Labute approximate surface area is 118 Å². The van der Waals surface area contributed by atoms with Gasteiger partial charge in [0.15, 0.2) is 0 Å². The number of rotatable bonds is 5. The third-order valence-electron chi connectivity index (χ3n) is 3.93. The number of nitrogens with zero attached hydrogens (tertiary/aromatic N) is 1. The molecule has 3 rings (SSSR count). The molecule has 0 aromatic heterocycles. The van der Waals surface area contributed by atoms with Crippen LogP contribution in [0.25, 0.3) is 0 Å². The summed E-state index contributed by atoms with van der Waals surface area (Å²) in [6, 6.07) is 7.55. The molecule has 0 amide bonds. The van der Waals surface area contributed by atoms with E-state index in [4.69, 9.17) is 4.74 Å². The van der Waals surface area contributed by atoms with E-state index in [1.54, 1.807) is 0 Å².